The van der Waals surface area contributed by atoms with Crippen molar-refractivity contribution in [3.05, 3.63) is 0 Å². The molecule has 0 aromatic heterocycles. The molecule has 138 valence electrons. The summed E-state index contributed by atoms with van der Waals surface area (Å²) in [5.74, 6) is -1.97. The van der Waals surface area contributed by atoms with E-state index in [9.17, 15) is 19.2 Å². The van der Waals surface area contributed by atoms with Crippen molar-refractivity contribution in [3.63, 3.8) is 0 Å². The van der Waals surface area contributed by atoms with Gasteiger partial charge in [-0.2, -0.15) is 5.01 Å². The molecule has 1 aliphatic heterocycles. The zero-order chi connectivity index (χ0) is 18.5. The number of amides is 4. The van der Waals surface area contributed by atoms with Crippen LogP contribution < -0.4 is 10.7 Å². The van der Waals surface area contributed by atoms with Gasteiger partial charge in [-0.25, -0.2) is 4.79 Å². The lowest BCUT2D eigenvalue weighted by atomic mass is 9.82. The average molecular weight is 392 g/mol. The Morgan fingerprint density at radius 2 is 1.84 bits per heavy atom. The van der Waals surface area contributed by atoms with Crippen LogP contribution in [0.1, 0.15) is 45.4 Å². The van der Waals surface area contributed by atoms with Gasteiger partial charge in [0.25, 0.3) is 11.8 Å². The van der Waals surface area contributed by atoms with Crippen LogP contribution in [0.4, 0.5) is 4.79 Å². The van der Waals surface area contributed by atoms with Gasteiger partial charge in [0, 0.05) is 6.42 Å². The Hall–Kier alpha value is -1.54. The summed E-state index contributed by atoms with van der Waals surface area (Å²) >= 11 is 11.8. The zero-order valence-electron chi connectivity index (χ0n) is 13.7. The first-order valence-electron chi connectivity index (χ1n) is 8.13. The highest BCUT2D eigenvalue weighted by molar-refractivity contribution is 6.53. The van der Waals surface area contributed by atoms with Crippen LogP contribution in [0.15, 0.2) is 0 Å². The number of imide groups is 1. The summed E-state index contributed by atoms with van der Waals surface area (Å²) < 4.78 is 3.70. The van der Waals surface area contributed by atoms with E-state index in [1.807, 2.05) is 0 Å². The largest absolute Gasteiger partial charge is 0.455 e. The summed E-state index contributed by atoms with van der Waals surface area (Å²) in [6, 6.07) is -0.679. The van der Waals surface area contributed by atoms with Gasteiger partial charge in [-0.3, -0.25) is 19.8 Å². The highest BCUT2D eigenvalue weighted by atomic mass is 35.5. The van der Waals surface area contributed by atoms with Crippen molar-refractivity contribution in [3.8, 4) is 0 Å². The fraction of sp³-hybridized carbons (Fsp3) is 0.733. The van der Waals surface area contributed by atoms with E-state index < -0.39 is 45.7 Å². The highest BCUT2D eigenvalue weighted by Gasteiger charge is 2.69. The van der Waals surface area contributed by atoms with E-state index in [0.717, 1.165) is 19.3 Å². The molecule has 2 aliphatic carbocycles. The molecular formula is C15H19Cl2N3O5. The molecule has 25 heavy (non-hydrogen) atoms. The summed E-state index contributed by atoms with van der Waals surface area (Å²) in [6.07, 6.45) is 4.01. The van der Waals surface area contributed by atoms with Gasteiger partial charge >= 0.3 is 12.0 Å². The van der Waals surface area contributed by atoms with Crippen LogP contribution in [-0.2, 0) is 19.1 Å². The molecule has 1 atom stereocenters. The number of alkyl halides is 2. The van der Waals surface area contributed by atoms with Gasteiger partial charge < -0.3 is 10.1 Å². The quantitative estimate of drug-likeness (QED) is 0.428. The molecule has 8 nitrogen and oxygen atoms in total. The van der Waals surface area contributed by atoms with Gasteiger partial charge in [-0.1, -0.05) is 19.3 Å². The maximum atomic E-state index is 12.5. The van der Waals surface area contributed by atoms with Gasteiger partial charge in [-0.15, -0.1) is 23.2 Å². The maximum absolute atomic E-state index is 12.5. The van der Waals surface area contributed by atoms with Gasteiger partial charge in [0.05, 0.1) is 0 Å². The van der Waals surface area contributed by atoms with Crippen LogP contribution in [0.3, 0.4) is 0 Å². The van der Waals surface area contributed by atoms with Crippen LogP contribution in [-0.4, -0.2) is 45.3 Å². The molecule has 0 aromatic carbocycles. The minimum atomic E-state index is -1.20. The molecule has 2 saturated carbocycles. The number of hydrazine groups is 1. The molecule has 0 bridgehead atoms. The summed E-state index contributed by atoms with van der Waals surface area (Å²) in [5, 5.41) is 3.32. The van der Waals surface area contributed by atoms with Crippen molar-refractivity contribution in [2.24, 2.45) is 5.41 Å². The first kappa shape index (κ1) is 18.3. The van der Waals surface area contributed by atoms with E-state index in [2.05, 4.69) is 10.7 Å². The number of ether oxygens (including phenoxy) is 1. The fourth-order valence-corrected chi connectivity index (χ4v) is 3.97. The fourth-order valence-electron chi connectivity index (χ4n) is 3.28. The predicted molar refractivity (Wildman–Crippen MR) is 87.5 cm³/mol. The summed E-state index contributed by atoms with van der Waals surface area (Å²) in [7, 11) is 0. The van der Waals surface area contributed by atoms with Crippen LogP contribution in [0.25, 0.3) is 0 Å². The lowest BCUT2D eigenvalue weighted by Crippen LogP contribution is -2.51. The van der Waals surface area contributed by atoms with Crippen LogP contribution in [0, 0.1) is 5.41 Å². The topological polar surface area (TPSA) is 105 Å². The normalized spacial score (nSPS) is 29.3. The Morgan fingerprint density at radius 1 is 1.24 bits per heavy atom. The Morgan fingerprint density at radius 3 is 2.40 bits per heavy atom. The Kier molecular flexibility index (Phi) is 4.39. The molecule has 3 aliphatic rings. The second kappa shape index (κ2) is 6.02. The van der Waals surface area contributed by atoms with E-state index in [4.69, 9.17) is 27.9 Å². The number of hydrogen-bond acceptors (Lipinski definition) is 5. The maximum Gasteiger partial charge on any atom is 0.344 e. The first-order valence-corrected chi connectivity index (χ1v) is 8.88. The summed E-state index contributed by atoms with van der Waals surface area (Å²) in [6.45, 7) is 0.903. The lowest BCUT2D eigenvalue weighted by Gasteiger charge is -2.30. The number of nitrogens with zero attached hydrogens (tertiary/aromatic N) is 1. The molecule has 0 radical (unpaired) electrons. The van der Waals surface area contributed by atoms with Crippen molar-refractivity contribution in [2.45, 2.75) is 55.3 Å². The molecule has 3 rings (SSSR count). The highest BCUT2D eigenvalue weighted by Crippen LogP contribution is 2.64. The predicted octanol–water partition coefficient (Wildman–Crippen LogP) is 1.40. The monoisotopic (exact) mass is 391 g/mol. The van der Waals surface area contributed by atoms with Crippen LogP contribution in [0.5, 0.6) is 0 Å². The van der Waals surface area contributed by atoms with Gasteiger partial charge in [0.15, 0.2) is 6.61 Å². The van der Waals surface area contributed by atoms with Crippen molar-refractivity contribution in [1.82, 2.24) is 15.8 Å². The van der Waals surface area contributed by atoms with E-state index >= 15 is 0 Å². The third kappa shape index (κ3) is 3.06. The van der Waals surface area contributed by atoms with E-state index in [0.29, 0.717) is 17.9 Å². The molecular weight excluding hydrogens is 373 g/mol. The lowest BCUT2D eigenvalue weighted by molar-refractivity contribution is -0.155. The molecule has 4 amide bonds. The number of carbonyl (C=O) groups excluding carboxylic acids is 4. The van der Waals surface area contributed by atoms with Crippen molar-refractivity contribution in [2.75, 3.05) is 6.61 Å². The molecule has 2 N–H and O–H groups in total. The van der Waals surface area contributed by atoms with E-state index in [1.165, 1.54) is 6.92 Å². The van der Waals surface area contributed by atoms with E-state index in [-0.39, 0.29) is 6.42 Å². The molecule has 0 unspecified atom stereocenters. The third-order valence-corrected chi connectivity index (χ3v) is 6.25. The Balaban J connectivity index is 1.54. The molecule has 1 saturated heterocycles. The van der Waals surface area contributed by atoms with Crippen molar-refractivity contribution < 1.29 is 23.9 Å². The Labute approximate surface area is 154 Å². The summed E-state index contributed by atoms with van der Waals surface area (Å²) in [4.78, 5) is 48.4. The summed E-state index contributed by atoms with van der Waals surface area (Å²) in [5.41, 5.74) is 0.202. The number of urea groups is 1. The number of halogens is 2. The second-order valence-corrected chi connectivity index (χ2v) is 8.52. The smallest absolute Gasteiger partial charge is 0.344 e. The minimum absolute atomic E-state index is 0.235. The zero-order valence-corrected chi connectivity index (χ0v) is 15.2. The van der Waals surface area contributed by atoms with Gasteiger partial charge in [0.2, 0.25) is 0 Å². The molecule has 0 aromatic rings. The molecule has 1 spiro atoms. The SMILES string of the molecule is C[C@@]1(C(=O)OCC(=O)NN2C(=O)NC3(CCCCC3)C2=O)CC1(Cl)Cl. The van der Waals surface area contributed by atoms with Gasteiger partial charge in [-0.05, 0) is 19.8 Å². The molecule has 1 heterocycles. The molecule has 3 fully saturated rings. The van der Waals surface area contributed by atoms with Crippen molar-refractivity contribution >= 4 is 47.0 Å². The van der Waals surface area contributed by atoms with Crippen LogP contribution in [0.2, 0.25) is 0 Å². The number of nitrogens with one attached hydrogen (secondary N) is 2. The van der Waals surface area contributed by atoms with E-state index in [1.54, 1.807) is 0 Å². The minimum Gasteiger partial charge on any atom is -0.455 e. The standard InChI is InChI=1S/C15H19Cl2N3O5/c1-13(8-15(13,16)17)11(23)25-7-9(21)19-20-10(22)14(18-12(20)24)5-3-2-4-6-14/h2-8H2,1H3,(H,18,24)(H,19,21)/t13-/m0/s1. The molecule has 10 heteroatoms. The van der Waals surface area contributed by atoms with Gasteiger partial charge in [0.1, 0.15) is 15.3 Å². The first-order chi connectivity index (χ1) is 11.6. The third-order valence-electron chi connectivity index (χ3n) is 5.15. The second-order valence-electron chi connectivity index (χ2n) is 7.04. The van der Waals surface area contributed by atoms with Crippen molar-refractivity contribution in [1.29, 1.82) is 0 Å². The number of esters is 1. The average Bonchev–Trinajstić information content (AvgIpc) is 3.01. The number of hydrogen-bond donors (Lipinski definition) is 2. The Bertz CT molecular complexity index is 647. The number of rotatable bonds is 4. The van der Waals surface area contributed by atoms with Crippen LogP contribution >= 0.6 is 23.2 Å². The number of carbonyl (C=O) groups is 4.